The van der Waals surface area contributed by atoms with Gasteiger partial charge in [-0.3, -0.25) is 4.79 Å². The fraction of sp³-hybridized carbons (Fsp3) is 0.0909. The molecule has 146 valence electrons. The summed E-state index contributed by atoms with van der Waals surface area (Å²) in [5.41, 5.74) is 4.29. The first-order chi connectivity index (χ1) is 13.8. The van der Waals surface area contributed by atoms with Crippen LogP contribution in [0.1, 0.15) is 15.9 Å². The maximum absolute atomic E-state index is 12.7. The van der Waals surface area contributed by atoms with Gasteiger partial charge in [-0.1, -0.05) is 24.3 Å². The van der Waals surface area contributed by atoms with E-state index < -0.39 is 9.84 Å². The van der Waals surface area contributed by atoms with E-state index in [9.17, 15) is 13.2 Å². The average Bonchev–Trinajstić information content (AvgIpc) is 3.12. The first kappa shape index (κ1) is 18.9. The van der Waals surface area contributed by atoms with Crippen molar-refractivity contribution in [2.24, 2.45) is 0 Å². The molecule has 1 N–H and O–H groups in total. The molecule has 0 unspecified atom stereocenters. The van der Waals surface area contributed by atoms with E-state index in [4.69, 9.17) is 0 Å². The zero-order chi connectivity index (χ0) is 20.6. The Kier molecular flexibility index (Phi) is 4.68. The van der Waals surface area contributed by atoms with Crippen LogP contribution < -0.4 is 5.32 Å². The molecule has 0 aliphatic carbocycles. The molecule has 0 atom stereocenters. The summed E-state index contributed by atoms with van der Waals surface area (Å²) in [6.45, 7) is 1.77. The van der Waals surface area contributed by atoms with E-state index >= 15 is 0 Å². The lowest BCUT2D eigenvalue weighted by Gasteiger charge is -2.10. The number of aromatic nitrogens is 2. The Bertz CT molecular complexity index is 1290. The molecule has 0 fully saturated rings. The molecular weight excluding hydrogens is 386 g/mol. The number of pyridine rings is 1. The smallest absolute Gasteiger partial charge is 0.255 e. The number of anilines is 1. The molecule has 4 aromatic rings. The fourth-order valence-corrected chi connectivity index (χ4v) is 3.72. The number of hydrogen-bond donors (Lipinski definition) is 1. The van der Waals surface area contributed by atoms with Crippen molar-refractivity contribution in [1.82, 2.24) is 9.38 Å². The molecule has 6 nitrogen and oxygen atoms in total. The minimum atomic E-state index is -3.38. The predicted molar refractivity (Wildman–Crippen MR) is 113 cm³/mol. The van der Waals surface area contributed by atoms with Gasteiger partial charge in [-0.15, -0.1) is 0 Å². The summed E-state index contributed by atoms with van der Waals surface area (Å²) < 4.78 is 25.5. The lowest BCUT2D eigenvalue weighted by atomic mass is 10.1. The van der Waals surface area contributed by atoms with Crippen LogP contribution in [0.25, 0.3) is 16.9 Å². The van der Waals surface area contributed by atoms with Gasteiger partial charge in [0.05, 0.1) is 10.6 Å². The number of benzene rings is 2. The molecule has 0 spiro atoms. The van der Waals surface area contributed by atoms with Crippen LogP contribution in [-0.2, 0) is 9.84 Å². The second kappa shape index (κ2) is 7.18. The minimum Gasteiger partial charge on any atom is -0.322 e. The van der Waals surface area contributed by atoms with Crippen molar-refractivity contribution in [2.75, 3.05) is 11.6 Å². The van der Waals surface area contributed by atoms with Crippen molar-refractivity contribution in [3.05, 3.63) is 84.2 Å². The zero-order valence-electron chi connectivity index (χ0n) is 16.0. The number of carbonyl (C=O) groups is 1. The number of amides is 1. The maximum Gasteiger partial charge on any atom is 0.255 e. The molecule has 1 amide bonds. The Balaban J connectivity index is 1.57. The standard InChI is InChI=1S/C22H19N3O3S/c1-15-6-11-18(29(2,27)28)13-19(15)22(26)23-17-9-7-16(8-10-17)20-14-25-12-4-3-5-21(25)24-20/h3-14H,1-2H3,(H,23,26). The van der Waals surface area contributed by atoms with Crippen molar-refractivity contribution < 1.29 is 13.2 Å². The molecule has 0 aliphatic heterocycles. The van der Waals surface area contributed by atoms with E-state index in [1.807, 2.05) is 47.1 Å². The summed E-state index contributed by atoms with van der Waals surface area (Å²) in [6.07, 6.45) is 5.01. The molecular formula is C22H19N3O3S. The highest BCUT2D eigenvalue weighted by Crippen LogP contribution is 2.22. The number of carbonyl (C=O) groups excluding carboxylic acids is 1. The van der Waals surface area contributed by atoms with Gasteiger partial charge in [0.15, 0.2) is 9.84 Å². The van der Waals surface area contributed by atoms with Gasteiger partial charge in [-0.25, -0.2) is 13.4 Å². The van der Waals surface area contributed by atoms with E-state index in [0.29, 0.717) is 16.8 Å². The summed E-state index contributed by atoms with van der Waals surface area (Å²) in [5, 5.41) is 2.82. The number of aryl methyl sites for hydroxylation is 1. The Morgan fingerprint density at radius 2 is 1.79 bits per heavy atom. The summed E-state index contributed by atoms with van der Waals surface area (Å²) in [4.78, 5) is 17.4. The molecule has 4 rings (SSSR count). The molecule has 0 bridgehead atoms. The molecule has 0 saturated heterocycles. The summed E-state index contributed by atoms with van der Waals surface area (Å²) in [6, 6.07) is 17.7. The predicted octanol–water partition coefficient (Wildman–Crippen LogP) is 3.97. The summed E-state index contributed by atoms with van der Waals surface area (Å²) in [5.74, 6) is -0.353. The van der Waals surface area contributed by atoms with Crippen molar-refractivity contribution in [2.45, 2.75) is 11.8 Å². The first-order valence-corrected chi connectivity index (χ1v) is 10.9. The normalized spacial score (nSPS) is 11.5. The van der Waals surface area contributed by atoms with Crippen LogP contribution >= 0.6 is 0 Å². The van der Waals surface area contributed by atoms with Crippen LogP contribution in [0, 0.1) is 6.92 Å². The molecule has 0 saturated carbocycles. The van der Waals surface area contributed by atoms with Gasteiger partial charge in [0.2, 0.25) is 0 Å². The maximum atomic E-state index is 12.7. The molecule has 2 aromatic heterocycles. The van der Waals surface area contributed by atoms with Crippen LogP contribution in [0.4, 0.5) is 5.69 Å². The second-order valence-corrected chi connectivity index (χ2v) is 8.89. The van der Waals surface area contributed by atoms with Crippen molar-refractivity contribution >= 4 is 27.1 Å². The Morgan fingerprint density at radius 1 is 1.03 bits per heavy atom. The highest BCUT2D eigenvalue weighted by Gasteiger charge is 2.15. The average molecular weight is 405 g/mol. The molecule has 29 heavy (non-hydrogen) atoms. The second-order valence-electron chi connectivity index (χ2n) is 6.87. The third kappa shape index (κ3) is 3.90. The van der Waals surface area contributed by atoms with Gasteiger partial charge in [-0.05, 0) is 48.9 Å². The molecule has 2 aromatic carbocycles. The summed E-state index contributed by atoms with van der Waals surface area (Å²) >= 11 is 0. The lowest BCUT2D eigenvalue weighted by molar-refractivity contribution is 0.102. The zero-order valence-corrected chi connectivity index (χ0v) is 16.8. The SMILES string of the molecule is Cc1ccc(S(C)(=O)=O)cc1C(=O)Nc1ccc(-c2cn3ccccc3n2)cc1. The van der Waals surface area contributed by atoms with Gasteiger partial charge in [0.25, 0.3) is 5.91 Å². The van der Waals surface area contributed by atoms with Crippen LogP contribution in [0.3, 0.4) is 0 Å². The molecule has 0 aliphatic rings. The quantitative estimate of drug-likeness (QED) is 0.557. The van der Waals surface area contributed by atoms with Gasteiger partial charge in [0, 0.05) is 35.5 Å². The molecule has 7 heteroatoms. The first-order valence-electron chi connectivity index (χ1n) is 8.97. The number of imidazole rings is 1. The third-order valence-electron chi connectivity index (χ3n) is 4.68. The van der Waals surface area contributed by atoms with E-state index in [-0.39, 0.29) is 10.8 Å². The van der Waals surface area contributed by atoms with E-state index in [2.05, 4.69) is 10.3 Å². The van der Waals surface area contributed by atoms with Crippen LogP contribution in [-0.4, -0.2) is 30.0 Å². The number of sulfone groups is 1. The summed E-state index contributed by atoms with van der Waals surface area (Å²) in [7, 11) is -3.38. The number of hydrogen-bond acceptors (Lipinski definition) is 4. The van der Waals surface area contributed by atoms with Crippen molar-refractivity contribution in [3.8, 4) is 11.3 Å². The van der Waals surface area contributed by atoms with Gasteiger partial charge in [0.1, 0.15) is 5.65 Å². The van der Waals surface area contributed by atoms with Crippen molar-refractivity contribution in [1.29, 1.82) is 0 Å². The Hall–Kier alpha value is -3.45. The molecule has 2 heterocycles. The van der Waals surface area contributed by atoms with Crippen LogP contribution in [0.2, 0.25) is 0 Å². The third-order valence-corrected chi connectivity index (χ3v) is 5.79. The van der Waals surface area contributed by atoms with E-state index in [1.165, 1.54) is 12.1 Å². The van der Waals surface area contributed by atoms with E-state index in [0.717, 1.165) is 23.2 Å². The van der Waals surface area contributed by atoms with Crippen LogP contribution in [0.5, 0.6) is 0 Å². The number of rotatable bonds is 4. The number of nitrogens with one attached hydrogen (secondary N) is 1. The van der Waals surface area contributed by atoms with Gasteiger partial charge >= 0.3 is 0 Å². The van der Waals surface area contributed by atoms with Crippen molar-refractivity contribution in [3.63, 3.8) is 0 Å². The van der Waals surface area contributed by atoms with Crippen LogP contribution in [0.15, 0.2) is 78.0 Å². The fourth-order valence-electron chi connectivity index (χ4n) is 3.07. The topological polar surface area (TPSA) is 80.5 Å². The Morgan fingerprint density at radius 3 is 2.48 bits per heavy atom. The lowest BCUT2D eigenvalue weighted by Crippen LogP contribution is -2.14. The Labute approximate surface area is 168 Å². The largest absolute Gasteiger partial charge is 0.322 e. The minimum absolute atomic E-state index is 0.121. The van der Waals surface area contributed by atoms with Gasteiger partial charge in [-0.2, -0.15) is 0 Å². The number of fused-ring (bicyclic) bond motifs is 1. The number of nitrogens with zero attached hydrogens (tertiary/aromatic N) is 2. The monoisotopic (exact) mass is 405 g/mol. The highest BCUT2D eigenvalue weighted by atomic mass is 32.2. The van der Waals surface area contributed by atoms with E-state index in [1.54, 1.807) is 25.1 Å². The molecule has 0 radical (unpaired) electrons. The highest BCUT2D eigenvalue weighted by molar-refractivity contribution is 7.90. The van der Waals surface area contributed by atoms with Gasteiger partial charge < -0.3 is 9.72 Å².